The molecule has 1 atom stereocenters. The molecule has 19 heavy (non-hydrogen) atoms. The van der Waals surface area contributed by atoms with Crippen molar-refractivity contribution in [2.75, 3.05) is 14.1 Å². The number of aliphatic carboxylic acids is 1. The molecule has 0 radical (unpaired) electrons. The van der Waals surface area contributed by atoms with Crippen molar-refractivity contribution >= 4 is 16.2 Å². The van der Waals surface area contributed by atoms with Crippen molar-refractivity contribution in [3.05, 3.63) is 35.4 Å². The number of hydrogen-bond donors (Lipinski definition) is 1. The maximum atomic E-state index is 12.2. The fourth-order valence-corrected chi connectivity index (χ4v) is 3.37. The van der Waals surface area contributed by atoms with Crippen LogP contribution in [0.3, 0.4) is 0 Å². The summed E-state index contributed by atoms with van der Waals surface area (Å²) in [5.74, 6) is -1.13. The number of carboxylic acid groups (broad SMARTS) is 1. The first-order valence-electron chi connectivity index (χ1n) is 5.83. The predicted octanol–water partition coefficient (Wildman–Crippen LogP) is 0.304. The molecule has 1 unspecified atom stereocenters. The zero-order valence-electron chi connectivity index (χ0n) is 10.8. The molecule has 104 valence electrons. The molecule has 0 bridgehead atoms. The van der Waals surface area contributed by atoms with Crippen LogP contribution in [0, 0.1) is 0 Å². The van der Waals surface area contributed by atoms with Gasteiger partial charge in [-0.15, -0.1) is 0 Å². The van der Waals surface area contributed by atoms with Crippen molar-refractivity contribution in [1.82, 2.24) is 8.61 Å². The summed E-state index contributed by atoms with van der Waals surface area (Å²) >= 11 is 0. The molecule has 0 spiro atoms. The lowest BCUT2D eigenvalue weighted by Gasteiger charge is -2.34. The Morgan fingerprint density at radius 1 is 1.32 bits per heavy atom. The van der Waals surface area contributed by atoms with Crippen molar-refractivity contribution < 1.29 is 18.3 Å². The Bertz CT molecular complexity index is 598. The summed E-state index contributed by atoms with van der Waals surface area (Å²) < 4.78 is 26.5. The van der Waals surface area contributed by atoms with E-state index < -0.39 is 22.2 Å². The quantitative estimate of drug-likeness (QED) is 0.866. The summed E-state index contributed by atoms with van der Waals surface area (Å²) in [5.41, 5.74) is 1.74. The highest BCUT2D eigenvalue weighted by Gasteiger charge is 2.39. The highest BCUT2D eigenvalue weighted by atomic mass is 32.2. The van der Waals surface area contributed by atoms with Gasteiger partial charge in [-0.2, -0.15) is 17.0 Å². The van der Waals surface area contributed by atoms with Crippen molar-refractivity contribution in [2.24, 2.45) is 0 Å². The standard InChI is InChI=1S/C12H16N2O4S/c1-13(2)19(17,18)14-8-10-6-4-3-5-9(10)7-11(14)12(15)16/h3-6,11H,7-8H2,1-2H3,(H,15,16). The third-order valence-electron chi connectivity index (χ3n) is 3.25. The first-order valence-corrected chi connectivity index (χ1v) is 7.22. The SMILES string of the molecule is CN(C)S(=O)(=O)N1Cc2ccccc2CC1C(=O)O. The van der Waals surface area contributed by atoms with Crippen LogP contribution in [-0.4, -0.2) is 48.2 Å². The van der Waals surface area contributed by atoms with E-state index in [-0.39, 0.29) is 13.0 Å². The van der Waals surface area contributed by atoms with Gasteiger partial charge < -0.3 is 5.11 Å². The summed E-state index contributed by atoms with van der Waals surface area (Å²) in [6.07, 6.45) is 0.193. The average molecular weight is 284 g/mol. The van der Waals surface area contributed by atoms with Crippen LogP contribution in [0.2, 0.25) is 0 Å². The van der Waals surface area contributed by atoms with Gasteiger partial charge in [-0.1, -0.05) is 24.3 Å². The lowest BCUT2D eigenvalue weighted by atomic mass is 9.96. The fourth-order valence-electron chi connectivity index (χ4n) is 2.16. The Morgan fingerprint density at radius 3 is 2.42 bits per heavy atom. The van der Waals surface area contributed by atoms with Crippen molar-refractivity contribution in [2.45, 2.75) is 19.0 Å². The summed E-state index contributed by atoms with van der Waals surface area (Å²) in [6, 6.07) is 6.26. The molecule has 0 saturated carbocycles. The normalized spacial score (nSPS) is 20.3. The molecule has 1 aliphatic rings. The fraction of sp³-hybridized carbons (Fsp3) is 0.417. The van der Waals surface area contributed by atoms with Gasteiger partial charge in [0.05, 0.1) is 0 Å². The van der Waals surface area contributed by atoms with Gasteiger partial charge in [-0.05, 0) is 11.1 Å². The third kappa shape index (κ3) is 2.49. The van der Waals surface area contributed by atoms with E-state index in [1.54, 1.807) is 0 Å². The van der Waals surface area contributed by atoms with Crippen LogP contribution in [0.25, 0.3) is 0 Å². The van der Waals surface area contributed by atoms with E-state index in [4.69, 9.17) is 0 Å². The van der Waals surface area contributed by atoms with E-state index in [1.807, 2.05) is 24.3 Å². The van der Waals surface area contributed by atoms with Gasteiger partial charge in [0.15, 0.2) is 0 Å². The Hall–Kier alpha value is -1.44. The van der Waals surface area contributed by atoms with Crippen molar-refractivity contribution in [1.29, 1.82) is 0 Å². The molecule has 0 aliphatic carbocycles. The molecule has 6 nitrogen and oxygen atoms in total. The smallest absolute Gasteiger partial charge is 0.322 e. The Kier molecular flexibility index (Phi) is 3.62. The minimum atomic E-state index is -3.75. The number of hydrogen-bond acceptors (Lipinski definition) is 3. The van der Waals surface area contributed by atoms with Gasteiger partial charge in [0.2, 0.25) is 0 Å². The molecule has 1 aromatic carbocycles. The molecule has 0 aromatic heterocycles. The predicted molar refractivity (Wildman–Crippen MR) is 69.7 cm³/mol. The van der Waals surface area contributed by atoms with Gasteiger partial charge in [-0.3, -0.25) is 4.79 Å². The molecule has 0 fully saturated rings. The maximum Gasteiger partial charge on any atom is 0.322 e. The molecular weight excluding hydrogens is 268 g/mol. The minimum absolute atomic E-state index is 0.0909. The van der Waals surface area contributed by atoms with Crippen LogP contribution in [0.4, 0.5) is 0 Å². The summed E-state index contributed by atoms with van der Waals surface area (Å²) in [7, 11) is -0.956. The summed E-state index contributed by atoms with van der Waals surface area (Å²) in [6.45, 7) is 0.0909. The zero-order valence-corrected chi connectivity index (χ0v) is 11.6. The van der Waals surface area contributed by atoms with Crippen LogP contribution in [0.1, 0.15) is 11.1 Å². The van der Waals surface area contributed by atoms with Crippen LogP contribution in [0.5, 0.6) is 0 Å². The van der Waals surface area contributed by atoms with Gasteiger partial charge in [-0.25, -0.2) is 0 Å². The number of carbonyl (C=O) groups is 1. The number of fused-ring (bicyclic) bond motifs is 1. The number of rotatable bonds is 3. The van der Waals surface area contributed by atoms with E-state index in [9.17, 15) is 18.3 Å². The van der Waals surface area contributed by atoms with Gasteiger partial charge in [0, 0.05) is 27.1 Å². The molecular formula is C12H16N2O4S. The molecule has 1 aliphatic heterocycles. The highest BCUT2D eigenvalue weighted by Crippen LogP contribution is 2.26. The average Bonchev–Trinajstić information content (AvgIpc) is 2.36. The van der Waals surface area contributed by atoms with Gasteiger partial charge in [0.1, 0.15) is 6.04 Å². The van der Waals surface area contributed by atoms with Crippen LogP contribution >= 0.6 is 0 Å². The molecule has 0 saturated heterocycles. The second kappa shape index (κ2) is 4.92. The van der Waals surface area contributed by atoms with Crippen LogP contribution < -0.4 is 0 Å². The third-order valence-corrected chi connectivity index (χ3v) is 5.15. The first-order chi connectivity index (χ1) is 8.84. The molecule has 1 aromatic rings. The summed E-state index contributed by atoms with van der Waals surface area (Å²) in [4.78, 5) is 11.3. The second-order valence-corrected chi connectivity index (χ2v) is 6.76. The molecule has 2 rings (SSSR count). The molecule has 1 heterocycles. The Balaban J connectivity index is 2.46. The second-order valence-electron chi connectivity index (χ2n) is 4.66. The van der Waals surface area contributed by atoms with Gasteiger partial charge in [0.25, 0.3) is 10.2 Å². The molecule has 0 amide bonds. The minimum Gasteiger partial charge on any atom is -0.480 e. The first kappa shape index (κ1) is 14.0. The van der Waals surface area contributed by atoms with Crippen LogP contribution in [-0.2, 0) is 28.0 Å². The van der Waals surface area contributed by atoms with Gasteiger partial charge >= 0.3 is 5.97 Å². The van der Waals surface area contributed by atoms with Crippen molar-refractivity contribution in [3.63, 3.8) is 0 Å². The lowest BCUT2D eigenvalue weighted by molar-refractivity contribution is -0.141. The number of benzene rings is 1. The Morgan fingerprint density at radius 2 is 1.89 bits per heavy atom. The molecule has 7 heteroatoms. The van der Waals surface area contributed by atoms with E-state index in [1.165, 1.54) is 14.1 Å². The summed E-state index contributed by atoms with van der Waals surface area (Å²) in [5, 5.41) is 9.25. The molecule has 1 N–H and O–H groups in total. The monoisotopic (exact) mass is 284 g/mol. The van der Waals surface area contributed by atoms with E-state index >= 15 is 0 Å². The van der Waals surface area contributed by atoms with Crippen LogP contribution in [0.15, 0.2) is 24.3 Å². The van der Waals surface area contributed by atoms with E-state index in [0.717, 1.165) is 19.7 Å². The van der Waals surface area contributed by atoms with E-state index in [2.05, 4.69) is 0 Å². The lowest BCUT2D eigenvalue weighted by Crippen LogP contribution is -2.52. The maximum absolute atomic E-state index is 12.2. The zero-order chi connectivity index (χ0) is 14.2. The number of nitrogens with zero attached hydrogens (tertiary/aromatic N) is 2. The topological polar surface area (TPSA) is 77.9 Å². The van der Waals surface area contributed by atoms with Crippen molar-refractivity contribution in [3.8, 4) is 0 Å². The Labute approximate surface area is 112 Å². The van der Waals surface area contributed by atoms with E-state index in [0.29, 0.717) is 0 Å². The number of carboxylic acids is 1. The largest absolute Gasteiger partial charge is 0.480 e. The highest BCUT2D eigenvalue weighted by molar-refractivity contribution is 7.86.